The number of hydrogen-bond donors (Lipinski definition) is 1. The van der Waals surface area contributed by atoms with Crippen LogP contribution in [-0.4, -0.2) is 18.9 Å². The zero-order valence-corrected chi connectivity index (χ0v) is 11.8. The van der Waals surface area contributed by atoms with Crippen molar-refractivity contribution < 1.29 is 17.9 Å². The molecule has 0 bridgehead atoms. The molecule has 0 radical (unpaired) electrons. The van der Waals surface area contributed by atoms with Gasteiger partial charge in [0.1, 0.15) is 5.75 Å². The Morgan fingerprint density at radius 3 is 2.25 bits per heavy atom. The first kappa shape index (κ1) is 15.2. The number of hydrogen-bond acceptors (Lipinski definition) is 2. The standard InChI is InChI=1S/C15H20F3NO/c1-14(2,10-19-12-5-6-12)9-11-3-7-13(8-4-11)20-15(16,17)18/h3-4,7-8,12,19H,5-6,9-10H2,1-2H3. The Bertz CT molecular complexity index is 435. The van der Waals surface area contributed by atoms with Crippen molar-refractivity contribution in [3.05, 3.63) is 29.8 Å². The van der Waals surface area contributed by atoms with E-state index < -0.39 is 6.36 Å². The topological polar surface area (TPSA) is 21.3 Å². The fourth-order valence-electron chi connectivity index (χ4n) is 2.13. The van der Waals surface area contributed by atoms with E-state index in [0.29, 0.717) is 6.04 Å². The van der Waals surface area contributed by atoms with Crippen LogP contribution in [0.15, 0.2) is 24.3 Å². The van der Waals surface area contributed by atoms with Crippen molar-refractivity contribution in [3.63, 3.8) is 0 Å². The fraction of sp³-hybridized carbons (Fsp3) is 0.600. The van der Waals surface area contributed by atoms with Gasteiger partial charge in [0, 0.05) is 12.6 Å². The third kappa shape index (κ3) is 5.41. The highest BCUT2D eigenvalue weighted by atomic mass is 19.4. The molecule has 20 heavy (non-hydrogen) atoms. The van der Waals surface area contributed by atoms with E-state index in [4.69, 9.17) is 0 Å². The molecule has 2 rings (SSSR count). The Kier molecular flexibility index (Phi) is 4.28. The van der Waals surface area contributed by atoms with E-state index in [0.717, 1.165) is 18.5 Å². The Hall–Kier alpha value is -1.23. The summed E-state index contributed by atoms with van der Waals surface area (Å²) in [5.41, 5.74) is 1.09. The van der Waals surface area contributed by atoms with Crippen LogP contribution >= 0.6 is 0 Å². The van der Waals surface area contributed by atoms with Gasteiger partial charge in [-0.3, -0.25) is 0 Å². The zero-order chi connectivity index (χ0) is 14.8. The predicted octanol–water partition coefficient (Wildman–Crippen LogP) is 3.91. The summed E-state index contributed by atoms with van der Waals surface area (Å²) in [6, 6.07) is 6.79. The van der Waals surface area contributed by atoms with Gasteiger partial charge in [-0.05, 0) is 42.4 Å². The molecule has 0 spiro atoms. The monoisotopic (exact) mass is 287 g/mol. The van der Waals surface area contributed by atoms with Crippen molar-refractivity contribution >= 4 is 0 Å². The van der Waals surface area contributed by atoms with Crippen molar-refractivity contribution in [1.29, 1.82) is 0 Å². The smallest absolute Gasteiger partial charge is 0.406 e. The van der Waals surface area contributed by atoms with Crippen LogP contribution in [0.1, 0.15) is 32.3 Å². The molecule has 5 heteroatoms. The Labute approximate surface area is 117 Å². The molecule has 1 aliphatic rings. The fourth-order valence-corrected chi connectivity index (χ4v) is 2.13. The van der Waals surface area contributed by atoms with E-state index in [1.54, 1.807) is 12.1 Å². The maximum atomic E-state index is 12.1. The molecule has 112 valence electrons. The molecule has 0 unspecified atom stereocenters. The van der Waals surface area contributed by atoms with Gasteiger partial charge in [-0.15, -0.1) is 13.2 Å². The second-order valence-corrected chi connectivity index (χ2v) is 6.19. The van der Waals surface area contributed by atoms with Crippen LogP contribution in [0.2, 0.25) is 0 Å². The van der Waals surface area contributed by atoms with Gasteiger partial charge >= 0.3 is 6.36 Å². The molecule has 1 aromatic rings. The molecule has 1 aliphatic carbocycles. The number of rotatable bonds is 6. The largest absolute Gasteiger partial charge is 0.573 e. The number of benzene rings is 1. The van der Waals surface area contributed by atoms with Gasteiger partial charge < -0.3 is 10.1 Å². The molecule has 0 saturated heterocycles. The molecule has 2 nitrogen and oxygen atoms in total. The number of alkyl halides is 3. The Morgan fingerprint density at radius 1 is 1.15 bits per heavy atom. The SMILES string of the molecule is CC(C)(CNC1CC1)Cc1ccc(OC(F)(F)F)cc1. The van der Waals surface area contributed by atoms with Gasteiger partial charge in [0.15, 0.2) is 0 Å². The lowest BCUT2D eigenvalue weighted by Crippen LogP contribution is -2.32. The highest BCUT2D eigenvalue weighted by molar-refractivity contribution is 5.28. The third-order valence-electron chi connectivity index (χ3n) is 3.29. The number of ether oxygens (including phenoxy) is 1. The van der Waals surface area contributed by atoms with Crippen LogP contribution in [0.3, 0.4) is 0 Å². The zero-order valence-electron chi connectivity index (χ0n) is 11.8. The van der Waals surface area contributed by atoms with E-state index in [1.807, 2.05) is 0 Å². The Morgan fingerprint density at radius 2 is 1.75 bits per heavy atom. The summed E-state index contributed by atoms with van der Waals surface area (Å²) < 4.78 is 40.1. The summed E-state index contributed by atoms with van der Waals surface area (Å²) in [4.78, 5) is 0. The average Bonchev–Trinajstić information content (AvgIpc) is 3.11. The quantitative estimate of drug-likeness (QED) is 0.856. The maximum absolute atomic E-state index is 12.1. The second kappa shape index (κ2) is 5.64. The molecule has 0 atom stereocenters. The van der Waals surface area contributed by atoms with Crippen LogP contribution in [0.25, 0.3) is 0 Å². The molecular weight excluding hydrogens is 267 g/mol. The summed E-state index contributed by atoms with van der Waals surface area (Å²) in [5.74, 6) is -0.171. The molecule has 1 aromatic carbocycles. The maximum Gasteiger partial charge on any atom is 0.573 e. The van der Waals surface area contributed by atoms with E-state index in [9.17, 15) is 13.2 Å². The molecule has 0 heterocycles. The number of nitrogens with one attached hydrogen (secondary N) is 1. The summed E-state index contributed by atoms with van der Waals surface area (Å²) in [7, 11) is 0. The van der Waals surface area contributed by atoms with Gasteiger partial charge in [-0.2, -0.15) is 0 Å². The van der Waals surface area contributed by atoms with E-state index >= 15 is 0 Å². The van der Waals surface area contributed by atoms with Gasteiger partial charge in [-0.25, -0.2) is 0 Å². The molecule has 1 fully saturated rings. The summed E-state index contributed by atoms with van der Waals surface area (Å²) >= 11 is 0. The van der Waals surface area contributed by atoms with Crippen molar-refractivity contribution in [1.82, 2.24) is 5.32 Å². The lowest BCUT2D eigenvalue weighted by atomic mass is 9.85. The van der Waals surface area contributed by atoms with Gasteiger partial charge in [0.05, 0.1) is 0 Å². The molecule has 0 aliphatic heterocycles. The molecule has 1 N–H and O–H groups in total. The van der Waals surface area contributed by atoms with Crippen molar-refractivity contribution in [2.75, 3.05) is 6.54 Å². The lowest BCUT2D eigenvalue weighted by molar-refractivity contribution is -0.274. The summed E-state index contributed by atoms with van der Waals surface area (Å²) in [6.07, 6.45) is -1.31. The van der Waals surface area contributed by atoms with E-state index in [1.165, 1.54) is 25.0 Å². The second-order valence-electron chi connectivity index (χ2n) is 6.19. The van der Waals surface area contributed by atoms with Crippen LogP contribution in [-0.2, 0) is 6.42 Å². The molecule has 0 aromatic heterocycles. The average molecular weight is 287 g/mol. The van der Waals surface area contributed by atoms with E-state index in [-0.39, 0.29) is 11.2 Å². The number of halogens is 3. The normalized spacial score (nSPS) is 16.2. The van der Waals surface area contributed by atoms with Crippen molar-refractivity contribution in [2.45, 2.75) is 45.5 Å². The highest BCUT2D eigenvalue weighted by Crippen LogP contribution is 2.27. The van der Waals surface area contributed by atoms with Crippen LogP contribution < -0.4 is 10.1 Å². The molecule has 1 saturated carbocycles. The van der Waals surface area contributed by atoms with Gasteiger partial charge in [-0.1, -0.05) is 26.0 Å². The van der Waals surface area contributed by atoms with Crippen LogP contribution in [0, 0.1) is 5.41 Å². The first-order chi connectivity index (χ1) is 9.23. The van der Waals surface area contributed by atoms with Gasteiger partial charge in [0.25, 0.3) is 0 Å². The predicted molar refractivity (Wildman–Crippen MR) is 71.6 cm³/mol. The van der Waals surface area contributed by atoms with E-state index in [2.05, 4.69) is 23.9 Å². The first-order valence-corrected chi connectivity index (χ1v) is 6.82. The molecule has 0 amide bonds. The minimum atomic E-state index is -4.63. The first-order valence-electron chi connectivity index (χ1n) is 6.82. The third-order valence-corrected chi connectivity index (χ3v) is 3.29. The minimum Gasteiger partial charge on any atom is -0.406 e. The molecular formula is C15H20F3NO. The van der Waals surface area contributed by atoms with Crippen molar-refractivity contribution in [2.24, 2.45) is 5.41 Å². The van der Waals surface area contributed by atoms with Crippen LogP contribution in [0.5, 0.6) is 5.75 Å². The highest BCUT2D eigenvalue weighted by Gasteiger charge is 2.31. The minimum absolute atomic E-state index is 0.0784. The Balaban J connectivity index is 1.88. The van der Waals surface area contributed by atoms with Gasteiger partial charge in [0.2, 0.25) is 0 Å². The van der Waals surface area contributed by atoms with Crippen LogP contribution in [0.4, 0.5) is 13.2 Å². The summed E-state index contributed by atoms with van der Waals surface area (Å²) in [6.45, 7) is 5.23. The summed E-state index contributed by atoms with van der Waals surface area (Å²) in [5, 5.41) is 3.49. The lowest BCUT2D eigenvalue weighted by Gasteiger charge is -2.25. The van der Waals surface area contributed by atoms with Crippen molar-refractivity contribution in [3.8, 4) is 5.75 Å².